The molecule has 1 aromatic heterocycles. The molecule has 0 aliphatic carbocycles. The maximum absolute atomic E-state index is 4.59. The van der Waals surface area contributed by atoms with Crippen molar-refractivity contribution in [1.29, 1.82) is 0 Å². The summed E-state index contributed by atoms with van der Waals surface area (Å²) in [6.45, 7) is 2.03. The highest BCUT2D eigenvalue weighted by molar-refractivity contribution is 9.10. The molecule has 0 atom stereocenters. The molecule has 1 N–H and O–H groups in total. The van der Waals surface area contributed by atoms with Crippen LogP contribution in [0, 0.1) is 0 Å². The zero-order valence-electron chi connectivity index (χ0n) is 11.8. The van der Waals surface area contributed by atoms with Crippen LogP contribution < -0.4 is 10.2 Å². The van der Waals surface area contributed by atoms with Gasteiger partial charge >= 0.3 is 0 Å². The molecule has 1 saturated heterocycles. The van der Waals surface area contributed by atoms with Gasteiger partial charge in [0.2, 0.25) is 5.95 Å². The van der Waals surface area contributed by atoms with Crippen LogP contribution in [-0.2, 0) is 0 Å². The van der Waals surface area contributed by atoms with E-state index in [1.807, 2.05) is 24.3 Å². The van der Waals surface area contributed by atoms with Crippen molar-refractivity contribution in [1.82, 2.24) is 15.2 Å². The van der Waals surface area contributed by atoms with Gasteiger partial charge in [-0.15, -0.1) is 5.10 Å². The van der Waals surface area contributed by atoms with Crippen molar-refractivity contribution in [2.45, 2.75) is 25.7 Å². The molecular formula is C15H18BrN5. The van der Waals surface area contributed by atoms with Gasteiger partial charge in [0.1, 0.15) is 0 Å². The summed E-state index contributed by atoms with van der Waals surface area (Å²) in [4.78, 5) is 6.82. The molecule has 3 rings (SSSR count). The van der Waals surface area contributed by atoms with Gasteiger partial charge in [0.05, 0.1) is 6.20 Å². The number of hydrogen-bond donors (Lipinski definition) is 1. The van der Waals surface area contributed by atoms with Crippen LogP contribution in [0.15, 0.2) is 34.9 Å². The Morgan fingerprint density at radius 2 is 1.90 bits per heavy atom. The summed E-state index contributed by atoms with van der Waals surface area (Å²) in [7, 11) is 0. The van der Waals surface area contributed by atoms with Crippen LogP contribution in [0.25, 0.3) is 0 Å². The first-order valence-corrected chi connectivity index (χ1v) is 8.08. The van der Waals surface area contributed by atoms with Crippen molar-refractivity contribution in [2.75, 3.05) is 23.3 Å². The predicted octanol–water partition coefficient (Wildman–Crippen LogP) is 3.76. The summed E-state index contributed by atoms with van der Waals surface area (Å²) in [6, 6.07) is 7.98. The molecule has 5 nitrogen and oxygen atoms in total. The Balaban J connectivity index is 1.76. The van der Waals surface area contributed by atoms with Crippen LogP contribution in [0.4, 0.5) is 17.5 Å². The average molecular weight is 348 g/mol. The SMILES string of the molecule is Brc1cccc(Nc2cnnc(N3CCCCCC3)n2)c1. The second-order valence-corrected chi connectivity index (χ2v) is 6.09. The Morgan fingerprint density at radius 3 is 2.67 bits per heavy atom. The van der Waals surface area contributed by atoms with Crippen molar-refractivity contribution >= 4 is 33.4 Å². The number of benzene rings is 1. The van der Waals surface area contributed by atoms with Crippen molar-refractivity contribution in [3.8, 4) is 0 Å². The van der Waals surface area contributed by atoms with Gasteiger partial charge in [-0.3, -0.25) is 0 Å². The van der Waals surface area contributed by atoms with E-state index in [4.69, 9.17) is 0 Å². The lowest BCUT2D eigenvalue weighted by Gasteiger charge is -2.19. The highest BCUT2D eigenvalue weighted by atomic mass is 79.9. The molecular weight excluding hydrogens is 330 g/mol. The zero-order valence-corrected chi connectivity index (χ0v) is 13.4. The first-order chi connectivity index (χ1) is 10.3. The van der Waals surface area contributed by atoms with Gasteiger partial charge in [-0.05, 0) is 31.0 Å². The lowest BCUT2D eigenvalue weighted by molar-refractivity contribution is 0.726. The molecule has 21 heavy (non-hydrogen) atoms. The summed E-state index contributed by atoms with van der Waals surface area (Å²) in [5.74, 6) is 1.44. The Labute approximate surface area is 132 Å². The normalized spacial score (nSPS) is 15.6. The largest absolute Gasteiger partial charge is 0.339 e. The van der Waals surface area contributed by atoms with Crippen LogP contribution in [0.5, 0.6) is 0 Å². The maximum Gasteiger partial charge on any atom is 0.247 e. The van der Waals surface area contributed by atoms with Crippen LogP contribution in [0.2, 0.25) is 0 Å². The third-order valence-electron chi connectivity index (χ3n) is 3.53. The third-order valence-corrected chi connectivity index (χ3v) is 4.03. The summed E-state index contributed by atoms with van der Waals surface area (Å²) >= 11 is 3.46. The number of nitrogens with one attached hydrogen (secondary N) is 1. The number of hydrogen-bond acceptors (Lipinski definition) is 5. The molecule has 0 bridgehead atoms. The van der Waals surface area contributed by atoms with E-state index in [2.05, 4.69) is 41.3 Å². The molecule has 2 heterocycles. The van der Waals surface area contributed by atoms with E-state index in [0.717, 1.165) is 35.0 Å². The number of nitrogens with zero attached hydrogens (tertiary/aromatic N) is 4. The van der Waals surface area contributed by atoms with E-state index in [1.54, 1.807) is 6.20 Å². The molecule has 0 spiro atoms. The fourth-order valence-electron chi connectivity index (χ4n) is 2.47. The second kappa shape index (κ2) is 6.85. The monoisotopic (exact) mass is 347 g/mol. The molecule has 0 radical (unpaired) electrons. The first-order valence-electron chi connectivity index (χ1n) is 7.28. The minimum absolute atomic E-state index is 0.719. The van der Waals surface area contributed by atoms with Gasteiger partial charge in [-0.2, -0.15) is 10.1 Å². The lowest BCUT2D eigenvalue weighted by atomic mass is 10.2. The lowest BCUT2D eigenvalue weighted by Crippen LogP contribution is -2.26. The molecule has 0 amide bonds. The smallest absolute Gasteiger partial charge is 0.247 e. The van der Waals surface area contributed by atoms with E-state index in [-0.39, 0.29) is 0 Å². The van der Waals surface area contributed by atoms with E-state index in [1.165, 1.54) is 25.7 Å². The Bertz CT molecular complexity index is 596. The summed E-state index contributed by atoms with van der Waals surface area (Å²) in [5, 5.41) is 11.5. The highest BCUT2D eigenvalue weighted by Crippen LogP contribution is 2.20. The van der Waals surface area contributed by atoms with Gasteiger partial charge in [0.15, 0.2) is 5.82 Å². The van der Waals surface area contributed by atoms with Crippen molar-refractivity contribution in [3.05, 3.63) is 34.9 Å². The Morgan fingerprint density at radius 1 is 1.10 bits per heavy atom. The molecule has 1 aliphatic rings. The van der Waals surface area contributed by atoms with Gasteiger partial charge in [0.25, 0.3) is 0 Å². The number of anilines is 3. The second-order valence-electron chi connectivity index (χ2n) is 5.18. The maximum atomic E-state index is 4.59. The Hall–Kier alpha value is -1.69. The first kappa shape index (κ1) is 14.3. The van der Waals surface area contributed by atoms with Crippen LogP contribution in [0.3, 0.4) is 0 Å². The minimum atomic E-state index is 0.719. The molecule has 1 aromatic carbocycles. The fourth-order valence-corrected chi connectivity index (χ4v) is 2.87. The third kappa shape index (κ3) is 3.91. The molecule has 0 unspecified atom stereocenters. The number of rotatable bonds is 3. The summed E-state index contributed by atoms with van der Waals surface area (Å²) < 4.78 is 1.03. The molecule has 1 fully saturated rings. The van der Waals surface area contributed by atoms with Crippen LogP contribution in [0.1, 0.15) is 25.7 Å². The highest BCUT2D eigenvalue weighted by Gasteiger charge is 2.13. The molecule has 1 aliphatic heterocycles. The molecule has 110 valence electrons. The van der Waals surface area contributed by atoms with E-state index >= 15 is 0 Å². The minimum Gasteiger partial charge on any atom is -0.339 e. The molecule has 6 heteroatoms. The predicted molar refractivity (Wildman–Crippen MR) is 87.9 cm³/mol. The molecule has 2 aromatic rings. The van der Waals surface area contributed by atoms with Gasteiger partial charge < -0.3 is 10.2 Å². The van der Waals surface area contributed by atoms with Gasteiger partial charge in [0, 0.05) is 23.2 Å². The van der Waals surface area contributed by atoms with Crippen molar-refractivity contribution in [2.24, 2.45) is 0 Å². The number of halogens is 1. The zero-order chi connectivity index (χ0) is 14.5. The van der Waals surface area contributed by atoms with E-state index in [9.17, 15) is 0 Å². The van der Waals surface area contributed by atoms with Gasteiger partial charge in [-0.1, -0.05) is 34.8 Å². The van der Waals surface area contributed by atoms with E-state index < -0.39 is 0 Å². The van der Waals surface area contributed by atoms with Crippen LogP contribution >= 0.6 is 15.9 Å². The standard InChI is InChI=1S/C15H18BrN5/c16-12-6-5-7-13(10-12)18-14-11-17-20-15(19-14)21-8-3-1-2-4-9-21/h5-7,10-11H,1-4,8-9H2,(H,18,19,20). The summed E-state index contributed by atoms with van der Waals surface area (Å²) in [5.41, 5.74) is 0.978. The average Bonchev–Trinajstić information content (AvgIpc) is 2.77. The van der Waals surface area contributed by atoms with E-state index in [0.29, 0.717) is 0 Å². The summed E-state index contributed by atoms with van der Waals surface area (Å²) in [6.07, 6.45) is 6.64. The van der Waals surface area contributed by atoms with Crippen molar-refractivity contribution in [3.63, 3.8) is 0 Å². The van der Waals surface area contributed by atoms with Crippen molar-refractivity contribution < 1.29 is 0 Å². The fraction of sp³-hybridized carbons (Fsp3) is 0.400. The Kier molecular flexibility index (Phi) is 4.65. The topological polar surface area (TPSA) is 53.9 Å². The molecule has 0 saturated carbocycles. The number of aromatic nitrogens is 3. The quantitative estimate of drug-likeness (QED) is 0.915. The van der Waals surface area contributed by atoms with Gasteiger partial charge in [-0.25, -0.2) is 0 Å². The van der Waals surface area contributed by atoms with Crippen LogP contribution in [-0.4, -0.2) is 28.3 Å².